The summed E-state index contributed by atoms with van der Waals surface area (Å²) in [6.45, 7) is 2.01. The molecule has 3 heteroatoms. The largest absolute Gasteiger partial charge is 0.479 e. The molecule has 2 nitrogen and oxygen atoms in total. The Morgan fingerprint density at radius 2 is 1.96 bits per heavy atom. The lowest BCUT2D eigenvalue weighted by molar-refractivity contribution is 0.0703. The first kappa shape index (κ1) is 16.2. The van der Waals surface area contributed by atoms with E-state index in [9.17, 15) is 5.11 Å². The molecule has 2 aliphatic rings. The molecule has 0 radical (unpaired) electrons. The van der Waals surface area contributed by atoms with Crippen LogP contribution in [0.1, 0.15) is 12.5 Å². The van der Waals surface area contributed by atoms with Crippen LogP contribution in [0.15, 0.2) is 78.6 Å². The maximum Gasteiger partial charge on any atom is 0.162 e. The maximum absolute atomic E-state index is 10.3. The van der Waals surface area contributed by atoms with Crippen molar-refractivity contribution >= 4 is 11.8 Å². The summed E-state index contributed by atoms with van der Waals surface area (Å²) in [7, 11) is 0. The van der Waals surface area contributed by atoms with E-state index >= 15 is 0 Å². The van der Waals surface area contributed by atoms with Gasteiger partial charge >= 0.3 is 0 Å². The number of hydrogen-bond acceptors (Lipinski definition) is 3. The summed E-state index contributed by atoms with van der Waals surface area (Å²) < 4.78 is 6.13. The van der Waals surface area contributed by atoms with Crippen LogP contribution in [0.5, 0.6) is 0 Å². The molecule has 3 rings (SSSR count). The molecule has 3 atom stereocenters. The van der Waals surface area contributed by atoms with Crippen molar-refractivity contribution in [2.45, 2.75) is 24.9 Å². The summed E-state index contributed by atoms with van der Waals surface area (Å²) in [6.07, 6.45) is 14.2. The lowest BCUT2D eigenvalue weighted by Crippen LogP contribution is -2.35. The van der Waals surface area contributed by atoms with Gasteiger partial charge in [-0.1, -0.05) is 60.7 Å². The molecule has 1 N–H and O–H groups in total. The molecule has 1 aromatic rings. The smallest absolute Gasteiger partial charge is 0.162 e. The SMILES string of the molecule is CC1(C2=CC=CC(SCCc3ccccc3)O2)C=CC=CC1O. The van der Waals surface area contributed by atoms with E-state index in [0.717, 1.165) is 17.9 Å². The van der Waals surface area contributed by atoms with Crippen molar-refractivity contribution in [3.05, 3.63) is 84.2 Å². The zero-order valence-electron chi connectivity index (χ0n) is 13.3. The van der Waals surface area contributed by atoms with Crippen molar-refractivity contribution in [1.82, 2.24) is 0 Å². The van der Waals surface area contributed by atoms with E-state index < -0.39 is 11.5 Å². The molecule has 1 aliphatic carbocycles. The first-order valence-corrected chi connectivity index (χ1v) is 8.98. The number of aliphatic hydroxyl groups is 1. The topological polar surface area (TPSA) is 29.5 Å². The summed E-state index contributed by atoms with van der Waals surface area (Å²) >= 11 is 1.79. The monoisotopic (exact) mass is 326 g/mol. The van der Waals surface area contributed by atoms with Crippen molar-refractivity contribution < 1.29 is 9.84 Å². The van der Waals surface area contributed by atoms with Gasteiger partial charge < -0.3 is 9.84 Å². The Morgan fingerprint density at radius 1 is 1.13 bits per heavy atom. The number of rotatable bonds is 5. The summed E-state index contributed by atoms with van der Waals surface area (Å²) in [4.78, 5) is 0. The normalized spacial score (nSPS) is 29.2. The van der Waals surface area contributed by atoms with Crippen molar-refractivity contribution in [2.75, 3.05) is 5.75 Å². The Morgan fingerprint density at radius 3 is 2.74 bits per heavy atom. The Hall–Kier alpha value is -1.71. The van der Waals surface area contributed by atoms with Crippen LogP contribution in [-0.2, 0) is 11.2 Å². The molecule has 1 aliphatic heterocycles. The Labute approximate surface area is 142 Å². The van der Waals surface area contributed by atoms with Crippen LogP contribution in [0.25, 0.3) is 0 Å². The fourth-order valence-corrected chi connectivity index (χ4v) is 3.68. The number of aryl methyl sites for hydroxylation is 1. The molecule has 120 valence electrons. The van der Waals surface area contributed by atoms with Crippen LogP contribution in [0, 0.1) is 5.41 Å². The number of allylic oxidation sites excluding steroid dienone is 4. The van der Waals surface area contributed by atoms with Crippen LogP contribution in [0.3, 0.4) is 0 Å². The lowest BCUT2D eigenvalue weighted by Gasteiger charge is -2.36. The van der Waals surface area contributed by atoms with Gasteiger partial charge in [-0.3, -0.25) is 0 Å². The summed E-state index contributed by atoms with van der Waals surface area (Å²) in [5, 5.41) is 10.3. The number of ether oxygens (including phenoxy) is 1. The van der Waals surface area contributed by atoms with Gasteiger partial charge in [-0.2, -0.15) is 0 Å². The van der Waals surface area contributed by atoms with E-state index in [0.29, 0.717) is 0 Å². The molecule has 1 aromatic carbocycles. The zero-order valence-corrected chi connectivity index (χ0v) is 14.1. The van der Waals surface area contributed by atoms with E-state index in [1.807, 2.05) is 43.4 Å². The van der Waals surface area contributed by atoms with E-state index in [2.05, 4.69) is 30.3 Å². The predicted molar refractivity (Wildman–Crippen MR) is 97.1 cm³/mol. The van der Waals surface area contributed by atoms with Crippen molar-refractivity contribution in [2.24, 2.45) is 5.41 Å². The average Bonchev–Trinajstić information content (AvgIpc) is 2.59. The molecule has 0 saturated carbocycles. The third-order valence-corrected chi connectivity index (χ3v) is 5.29. The first-order valence-electron chi connectivity index (χ1n) is 7.94. The molecule has 0 fully saturated rings. The highest BCUT2D eigenvalue weighted by Gasteiger charge is 2.37. The fourth-order valence-electron chi connectivity index (χ4n) is 2.72. The second-order valence-corrected chi connectivity index (χ2v) is 7.19. The van der Waals surface area contributed by atoms with Gasteiger partial charge in [0.25, 0.3) is 0 Å². The number of hydrogen-bond donors (Lipinski definition) is 1. The molecule has 0 spiro atoms. The standard InChI is InChI=1S/C20H22O2S/c1-20(14-6-5-10-17(20)21)18-11-7-12-19(22-18)23-15-13-16-8-3-2-4-9-16/h2-12,14,17,19,21H,13,15H2,1H3. The van der Waals surface area contributed by atoms with Gasteiger partial charge in [0.1, 0.15) is 5.76 Å². The highest BCUT2D eigenvalue weighted by Crippen LogP contribution is 2.39. The van der Waals surface area contributed by atoms with Crippen molar-refractivity contribution in [3.8, 4) is 0 Å². The highest BCUT2D eigenvalue weighted by atomic mass is 32.2. The van der Waals surface area contributed by atoms with Gasteiger partial charge in [0, 0.05) is 5.75 Å². The van der Waals surface area contributed by atoms with Crippen molar-refractivity contribution in [1.29, 1.82) is 0 Å². The number of aliphatic hydroxyl groups excluding tert-OH is 1. The molecule has 0 aromatic heterocycles. The molecule has 3 unspecified atom stereocenters. The van der Waals surface area contributed by atoms with Gasteiger partial charge in [0.2, 0.25) is 0 Å². The highest BCUT2D eigenvalue weighted by molar-refractivity contribution is 7.99. The molecule has 0 saturated heterocycles. The maximum atomic E-state index is 10.3. The van der Waals surface area contributed by atoms with Crippen LogP contribution in [0.2, 0.25) is 0 Å². The minimum Gasteiger partial charge on any atom is -0.479 e. The second-order valence-electron chi connectivity index (χ2n) is 5.98. The average molecular weight is 326 g/mol. The first-order chi connectivity index (χ1) is 11.2. The minimum atomic E-state index is -0.555. The van der Waals surface area contributed by atoms with Crippen LogP contribution in [-0.4, -0.2) is 22.4 Å². The van der Waals surface area contributed by atoms with Gasteiger partial charge in [0.15, 0.2) is 5.44 Å². The quantitative estimate of drug-likeness (QED) is 0.877. The van der Waals surface area contributed by atoms with E-state index in [-0.39, 0.29) is 5.44 Å². The summed E-state index contributed by atoms with van der Waals surface area (Å²) in [6, 6.07) is 10.5. The number of thioether (sulfide) groups is 1. The lowest BCUT2D eigenvalue weighted by atomic mass is 9.79. The molecule has 0 bridgehead atoms. The Kier molecular flexibility index (Phi) is 5.09. The van der Waals surface area contributed by atoms with Gasteiger partial charge in [-0.05, 0) is 31.1 Å². The van der Waals surface area contributed by atoms with Crippen LogP contribution >= 0.6 is 11.8 Å². The summed E-state index contributed by atoms with van der Waals surface area (Å²) in [5.74, 6) is 1.83. The van der Waals surface area contributed by atoms with Crippen molar-refractivity contribution in [3.63, 3.8) is 0 Å². The molecule has 23 heavy (non-hydrogen) atoms. The Balaban J connectivity index is 1.56. The molecule has 1 heterocycles. The minimum absolute atomic E-state index is 0.00189. The van der Waals surface area contributed by atoms with Crippen LogP contribution in [0.4, 0.5) is 0 Å². The fraction of sp³-hybridized carbons (Fsp3) is 0.300. The van der Waals surface area contributed by atoms with E-state index in [1.165, 1.54) is 5.56 Å². The van der Waals surface area contributed by atoms with Gasteiger partial charge in [-0.25, -0.2) is 0 Å². The Bertz CT molecular complexity index is 645. The zero-order chi connectivity index (χ0) is 16.1. The predicted octanol–water partition coefficient (Wildman–Crippen LogP) is 4.25. The molecular formula is C20H22O2S. The molecule has 0 amide bonds. The molecular weight excluding hydrogens is 304 g/mol. The second kappa shape index (κ2) is 7.24. The van der Waals surface area contributed by atoms with Gasteiger partial charge in [0.05, 0.1) is 11.5 Å². The summed E-state index contributed by atoms with van der Waals surface area (Å²) in [5.41, 5.74) is 0.859. The third kappa shape index (κ3) is 3.80. The van der Waals surface area contributed by atoms with Crippen LogP contribution < -0.4 is 0 Å². The van der Waals surface area contributed by atoms with E-state index in [4.69, 9.17) is 4.74 Å². The number of benzene rings is 1. The van der Waals surface area contributed by atoms with Gasteiger partial charge in [-0.15, -0.1) is 11.8 Å². The van der Waals surface area contributed by atoms with E-state index in [1.54, 1.807) is 17.8 Å². The third-order valence-electron chi connectivity index (χ3n) is 4.27.